The largest absolute Gasteiger partial charge is 0.497 e. The van der Waals surface area contributed by atoms with Crippen LogP contribution in [0, 0.1) is 6.92 Å². The molecule has 1 aromatic heterocycles. The van der Waals surface area contributed by atoms with Crippen molar-refractivity contribution in [2.75, 3.05) is 18.6 Å². The zero-order valence-electron chi connectivity index (χ0n) is 16.8. The van der Waals surface area contributed by atoms with Gasteiger partial charge in [-0.3, -0.25) is 9.59 Å². The number of anilines is 1. The second kappa shape index (κ2) is 8.32. The Morgan fingerprint density at radius 1 is 1.20 bits per heavy atom. The molecule has 0 radical (unpaired) electrons. The quantitative estimate of drug-likeness (QED) is 0.665. The third kappa shape index (κ3) is 4.14. The number of tetrazole rings is 1. The molecule has 2 amide bonds. The average molecular weight is 406 g/mol. The molecule has 1 atom stereocenters. The normalized spacial score (nSPS) is 16.0. The first kappa shape index (κ1) is 19.6. The van der Waals surface area contributed by atoms with E-state index in [4.69, 9.17) is 4.74 Å². The van der Waals surface area contributed by atoms with Crippen LogP contribution in [0.3, 0.4) is 0 Å². The number of ether oxygens (including phenoxy) is 1. The highest BCUT2D eigenvalue weighted by molar-refractivity contribution is 5.97. The lowest BCUT2D eigenvalue weighted by atomic mass is 10.1. The van der Waals surface area contributed by atoms with Crippen LogP contribution in [0.2, 0.25) is 0 Å². The van der Waals surface area contributed by atoms with Crippen molar-refractivity contribution in [3.8, 4) is 11.4 Å². The molecule has 9 nitrogen and oxygen atoms in total. The molecule has 1 aliphatic rings. The van der Waals surface area contributed by atoms with Gasteiger partial charge in [0.25, 0.3) is 0 Å². The molecule has 0 spiro atoms. The monoisotopic (exact) mass is 406 g/mol. The van der Waals surface area contributed by atoms with E-state index in [1.54, 1.807) is 16.7 Å². The molecule has 0 saturated carbocycles. The second-order valence-corrected chi connectivity index (χ2v) is 7.16. The smallest absolute Gasteiger partial charge is 0.229 e. The van der Waals surface area contributed by atoms with E-state index in [1.807, 2.05) is 55.5 Å². The van der Waals surface area contributed by atoms with Crippen molar-refractivity contribution in [2.24, 2.45) is 0 Å². The summed E-state index contributed by atoms with van der Waals surface area (Å²) in [6, 6.07) is 14.6. The molecule has 4 rings (SSSR count). The number of hydrogen-bond acceptors (Lipinski definition) is 6. The molecule has 1 unspecified atom stereocenters. The standard InChI is InChI=1S/C21H22N6O3/c1-14-23-24-25-27(14)17-8-6-15(7-9-17)10-20(28)22-16-11-21(29)26(13-16)18-4-3-5-19(12-18)30-2/h3-9,12,16H,10-11,13H2,1-2H3,(H,22,28). The SMILES string of the molecule is COc1cccc(N2CC(NC(=O)Cc3ccc(-n4nnnc4C)cc3)CC2=O)c1. The van der Waals surface area contributed by atoms with E-state index in [9.17, 15) is 9.59 Å². The number of benzene rings is 2. The third-order valence-corrected chi connectivity index (χ3v) is 5.03. The van der Waals surface area contributed by atoms with Crippen LogP contribution in [-0.2, 0) is 16.0 Å². The molecule has 0 bridgehead atoms. The predicted octanol–water partition coefficient (Wildman–Crippen LogP) is 1.44. The minimum atomic E-state index is -0.223. The van der Waals surface area contributed by atoms with Gasteiger partial charge < -0.3 is 15.0 Å². The highest BCUT2D eigenvalue weighted by Crippen LogP contribution is 2.25. The van der Waals surface area contributed by atoms with Crippen molar-refractivity contribution in [1.82, 2.24) is 25.5 Å². The van der Waals surface area contributed by atoms with Crippen LogP contribution < -0.4 is 15.0 Å². The van der Waals surface area contributed by atoms with Crippen LogP contribution in [-0.4, -0.2) is 51.7 Å². The topological polar surface area (TPSA) is 102 Å². The Balaban J connectivity index is 1.35. The summed E-state index contributed by atoms with van der Waals surface area (Å²) in [6.07, 6.45) is 0.513. The highest BCUT2D eigenvalue weighted by atomic mass is 16.5. The predicted molar refractivity (Wildman–Crippen MR) is 109 cm³/mol. The van der Waals surface area contributed by atoms with Crippen molar-refractivity contribution >= 4 is 17.5 Å². The molecule has 30 heavy (non-hydrogen) atoms. The van der Waals surface area contributed by atoms with Crippen LogP contribution in [0.4, 0.5) is 5.69 Å². The molecule has 9 heteroatoms. The van der Waals surface area contributed by atoms with Gasteiger partial charge in [-0.2, -0.15) is 4.68 Å². The van der Waals surface area contributed by atoms with E-state index in [0.717, 1.165) is 16.9 Å². The van der Waals surface area contributed by atoms with Gasteiger partial charge in [0.2, 0.25) is 11.8 Å². The van der Waals surface area contributed by atoms with Gasteiger partial charge in [0, 0.05) is 24.7 Å². The average Bonchev–Trinajstić information content (AvgIpc) is 3.33. The fourth-order valence-corrected chi connectivity index (χ4v) is 3.52. The van der Waals surface area contributed by atoms with Gasteiger partial charge in [-0.15, -0.1) is 5.10 Å². The van der Waals surface area contributed by atoms with E-state index >= 15 is 0 Å². The van der Waals surface area contributed by atoms with Gasteiger partial charge in [0.1, 0.15) is 5.75 Å². The molecule has 2 aromatic carbocycles. The summed E-state index contributed by atoms with van der Waals surface area (Å²) in [5.41, 5.74) is 2.47. The number of aromatic nitrogens is 4. The first-order valence-electron chi connectivity index (χ1n) is 9.61. The van der Waals surface area contributed by atoms with Gasteiger partial charge in [0.05, 0.1) is 25.3 Å². The molecular weight excluding hydrogens is 384 g/mol. The number of nitrogens with zero attached hydrogens (tertiary/aromatic N) is 5. The van der Waals surface area contributed by atoms with Crippen LogP contribution in [0.1, 0.15) is 17.8 Å². The lowest BCUT2D eigenvalue weighted by molar-refractivity contribution is -0.121. The van der Waals surface area contributed by atoms with Crippen LogP contribution in [0.5, 0.6) is 5.75 Å². The summed E-state index contributed by atoms with van der Waals surface area (Å²) in [5, 5.41) is 14.4. The molecular formula is C21H22N6O3. The maximum atomic E-state index is 12.5. The zero-order valence-corrected chi connectivity index (χ0v) is 16.8. The molecule has 154 valence electrons. The molecule has 1 N–H and O–H groups in total. The summed E-state index contributed by atoms with van der Waals surface area (Å²) < 4.78 is 6.85. The van der Waals surface area contributed by atoms with Crippen molar-refractivity contribution in [2.45, 2.75) is 25.8 Å². The van der Waals surface area contributed by atoms with Crippen LogP contribution in [0.15, 0.2) is 48.5 Å². The van der Waals surface area contributed by atoms with Gasteiger partial charge in [-0.25, -0.2) is 0 Å². The maximum absolute atomic E-state index is 12.5. The maximum Gasteiger partial charge on any atom is 0.229 e. The molecule has 0 aliphatic carbocycles. The first-order valence-corrected chi connectivity index (χ1v) is 9.61. The lowest BCUT2D eigenvalue weighted by Crippen LogP contribution is -2.38. The number of amides is 2. The fourth-order valence-electron chi connectivity index (χ4n) is 3.52. The van der Waals surface area contributed by atoms with E-state index < -0.39 is 0 Å². The molecule has 1 aliphatic heterocycles. The van der Waals surface area contributed by atoms with Crippen molar-refractivity contribution in [1.29, 1.82) is 0 Å². The Morgan fingerprint density at radius 3 is 2.70 bits per heavy atom. The number of aryl methyl sites for hydroxylation is 1. The van der Waals surface area contributed by atoms with Crippen molar-refractivity contribution in [3.05, 3.63) is 59.9 Å². The third-order valence-electron chi connectivity index (χ3n) is 5.03. The molecule has 2 heterocycles. The Bertz CT molecular complexity index is 1060. The number of hydrogen-bond donors (Lipinski definition) is 1. The molecule has 3 aromatic rings. The Hall–Kier alpha value is -3.75. The minimum absolute atomic E-state index is 0.0188. The summed E-state index contributed by atoms with van der Waals surface area (Å²) in [5.74, 6) is 1.24. The van der Waals surface area contributed by atoms with Gasteiger partial charge in [0.15, 0.2) is 5.82 Å². The zero-order chi connectivity index (χ0) is 21.1. The van der Waals surface area contributed by atoms with Gasteiger partial charge in [-0.1, -0.05) is 18.2 Å². The summed E-state index contributed by atoms with van der Waals surface area (Å²) >= 11 is 0. The number of methoxy groups -OCH3 is 1. The molecule has 1 fully saturated rings. The minimum Gasteiger partial charge on any atom is -0.497 e. The summed E-state index contributed by atoms with van der Waals surface area (Å²) in [4.78, 5) is 26.6. The van der Waals surface area contributed by atoms with Gasteiger partial charge >= 0.3 is 0 Å². The Kier molecular flexibility index (Phi) is 5.42. The van der Waals surface area contributed by atoms with E-state index in [-0.39, 0.29) is 30.7 Å². The lowest BCUT2D eigenvalue weighted by Gasteiger charge is -2.18. The Morgan fingerprint density at radius 2 is 2.00 bits per heavy atom. The number of carbonyl (C=O) groups excluding carboxylic acids is 2. The van der Waals surface area contributed by atoms with E-state index in [2.05, 4.69) is 20.8 Å². The number of rotatable bonds is 6. The van der Waals surface area contributed by atoms with E-state index in [0.29, 0.717) is 18.1 Å². The van der Waals surface area contributed by atoms with E-state index in [1.165, 1.54) is 0 Å². The summed E-state index contributed by atoms with van der Waals surface area (Å²) in [6.45, 7) is 2.26. The highest BCUT2D eigenvalue weighted by Gasteiger charge is 2.31. The van der Waals surface area contributed by atoms with Gasteiger partial charge in [-0.05, 0) is 47.2 Å². The van der Waals surface area contributed by atoms with Crippen molar-refractivity contribution < 1.29 is 14.3 Å². The van der Waals surface area contributed by atoms with Crippen LogP contribution in [0.25, 0.3) is 5.69 Å². The first-order chi connectivity index (χ1) is 14.5. The molecule has 1 saturated heterocycles. The fraction of sp³-hybridized carbons (Fsp3) is 0.286. The number of nitrogens with one attached hydrogen (secondary N) is 1. The number of carbonyl (C=O) groups is 2. The van der Waals surface area contributed by atoms with Crippen molar-refractivity contribution in [3.63, 3.8) is 0 Å². The summed E-state index contributed by atoms with van der Waals surface area (Å²) in [7, 11) is 1.59. The Labute approximate surface area is 173 Å². The van der Waals surface area contributed by atoms with Crippen LogP contribution >= 0.6 is 0 Å². The second-order valence-electron chi connectivity index (χ2n) is 7.16.